The fraction of sp³-hybridized carbons (Fsp3) is 0.333. The highest BCUT2D eigenvalue weighted by Gasteiger charge is 2.23. The molecule has 1 unspecified atom stereocenters. The van der Waals surface area contributed by atoms with E-state index in [-0.39, 0.29) is 6.04 Å². The first-order valence-corrected chi connectivity index (χ1v) is 9.08. The predicted molar refractivity (Wildman–Crippen MR) is 87.7 cm³/mol. The number of hydrogen-bond donors (Lipinski definition) is 1. The van der Waals surface area contributed by atoms with Gasteiger partial charge in [0.15, 0.2) is 0 Å². The SMILES string of the molecule is CCc1ccc(C(NS(=O)(=O)N(C)C)c2cccs2)cc1. The van der Waals surface area contributed by atoms with Gasteiger partial charge in [-0.2, -0.15) is 17.4 Å². The van der Waals surface area contributed by atoms with Crippen molar-refractivity contribution < 1.29 is 8.42 Å². The summed E-state index contributed by atoms with van der Waals surface area (Å²) < 4.78 is 28.2. The Kier molecular flexibility index (Phi) is 5.16. The molecular weight excluding hydrogens is 304 g/mol. The third-order valence-electron chi connectivity index (χ3n) is 3.30. The summed E-state index contributed by atoms with van der Waals surface area (Å²) in [4.78, 5) is 0.977. The van der Waals surface area contributed by atoms with Crippen LogP contribution in [0.25, 0.3) is 0 Å². The van der Waals surface area contributed by atoms with E-state index in [0.717, 1.165) is 16.9 Å². The lowest BCUT2D eigenvalue weighted by Crippen LogP contribution is -2.38. The second-order valence-electron chi connectivity index (χ2n) is 4.95. The van der Waals surface area contributed by atoms with E-state index >= 15 is 0 Å². The van der Waals surface area contributed by atoms with E-state index in [1.807, 2.05) is 41.8 Å². The Hall–Kier alpha value is -1.21. The third kappa shape index (κ3) is 3.91. The van der Waals surface area contributed by atoms with Crippen LogP contribution in [0, 0.1) is 0 Å². The number of nitrogens with zero attached hydrogens (tertiary/aromatic N) is 1. The fourth-order valence-electron chi connectivity index (χ4n) is 1.95. The molecule has 0 fully saturated rings. The molecule has 0 amide bonds. The van der Waals surface area contributed by atoms with Gasteiger partial charge in [-0.05, 0) is 29.0 Å². The number of rotatable bonds is 6. The smallest absolute Gasteiger partial charge is 0.195 e. The van der Waals surface area contributed by atoms with Gasteiger partial charge in [0.25, 0.3) is 10.2 Å². The van der Waals surface area contributed by atoms with Crippen molar-refractivity contribution in [1.82, 2.24) is 9.03 Å². The number of hydrogen-bond acceptors (Lipinski definition) is 3. The largest absolute Gasteiger partial charge is 0.279 e. The Bertz CT molecular complexity index is 662. The van der Waals surface area contributed by atoms with E-state index in [1.165, 1.54) is 24.0 Å². The van der Waals surface area contributed by atoms with Crippen LogP contribution in [0.1, 0.15) is 29.0 Å². The van der Waals surface area contributed by atoms with Gasteiger partial charge in [0, 0.05) is 19.0 Å². The minimum Gasteiger partial charge on any atom is -0.195 e. The number of aryl methyl sites for hydroxylation is 1. The molecule has 4 nitrogen and oxygen atoms in total. The van der Waals surface area contributed by atoms with Crippen molar-refractivity contribution in [2.45, 2.75) is 19.4 Å². The van der Waals surface area contributed by atoms with Crippen LogP contribution >= 0.6 is 11.3 Å². The van der Waals surface area contributed by atoms with Crippen LogP contribution in [0.5, 0.6) is 0 Å². The summed E-state index contributed by atoms with van der Waals surface area (Å²) >= 11 is 1.54. The summed E-state index contributed by atoms with van der Waals surface area (Å²) in [5.41, 5.74) is 2.18. The van der Waals surface area contributed by atoms with E-state index in [1.54, 1.807) is 11.3 Å². The Labute approximate surface area is 130 Å². The second-order valence-corrected chi connectivity index (χ2v) is 7.84. The van der Waals surface area contributed by atoms with Gasteiger partial charge in [-0.1, -0.05) is 37.3 Å². The van der Waals surface area contributed by atoms with Crippen molar-refractivity contribution in [2.75, 3.05) is 14.1 Å². The summed E-state index contributed by atoms with van der Waals surface area (Å²) in [5.74, 6) is 0. The van der Waals surface area contributed by atoms with Gasteiger partial charge >= 0.3 is 0 Å². The Morgan fingerprint density at radius 1 is 1.19 bits per heavy atom. The lowest BCUT2D eigenvalue weighted by Gasteiger charge is -2.21. The van der Waals surface area contributed by atoms with Crippen LogP contribution in [0.2, 0.25) is 0 Å². The van der Waals surface area contributed by atoms with Crippen LogP contribution in [0.3, 0.4) is 0 Å². The van der Waals surface area contributed by atoms with Crippen LogP contribution < -0.4 is 4.72 Å². The van der Waals surface area contributed by atoms with Gasteiger partial charge in [0.05, 0.1) is 6.04 Å². The Morgan fingerprint density at radius 2 is 1.86 bits per heavy atom. The molecule has 2 aromatic rings. The predicted octanol–water partition coefficient (Wildman–Crippen LogP) is 2.80. The molecular formula is C15H20N2O2S2. The highest BCUT2D eigenvalue weighted by Crippen LogP contribution is 2.27. The molecule has 1 N–H and O–H groups in total. The van der Waals surface area contributed by atoms with E-state index < -0.39 is 10.2 Å². The van der Waals surface area contributed by atoms with Gasteiger partial charge in [0.1, 0.15) is 0 Å². The molecule has 0 radical (unpaired) electrons. The van der Waals surface area contributed by atoms with Gasteiger partial charge in [-0.15, -0.1) is 11.3 Å². The summed E-state index contributed by atoms with van der Waals surface area (Å²) in [7, 11) is -0.454. The molecule has 0 bridgehead atoms. The highest BCUT2D eigenvalue weighted by atomic mass is 32.2. The first kappa shape index (κ1) is 16.2. The van der Waals surface area contributed by atoms with Gasteiger partial charge in [-0.25, -0.2) is 0 Å². The molecule has 1 heterocycles. The van der Waals surface area contributed by atoms with E-state index in [0.29, 0.717) is 0 Å². The third-order valence-corrected chi connectivity index (χ3v) is 5.73. The maximum absolute atomic E-state index is 12.2. The van der Waals surface area contributed by atoms with E-state index in [2.05, 4.69) is 11.6 Å². The molecule has 1 atom stereocenters. The Balaban J connectivity index is 2.37. The maximum atomic E-state index is 12.2. The monoisotopic (exact) mass is 324 g/mol. The molecule has 2 rings (SSSR count). The number of nitrogens with one attached hydrogen (secondary N) is 1. The van der Waals surface area contributed by atoms with Gasteiger partial charge in [0.2, 0.25) is 0 Å². The van der Waals surface area contributed by atoms with Crippen molar-refractivity contribution in [3.05, 3.63) is 57.8 Å². The zero-order valence-electron chi connectivity index (χ0n) is 12.4. The standard InChI is InChI=1S/C15H20N2O2S2/c1-4-12-7-9-13(10-8-12)15(14-6-5-11-20-14)16-21(18,19)17(2)3/h5-11,15-16H,4H2,1-3H3. The number of thiophene rings is 1. The van der Waals surface area contributed by atoms with Crippen LogP contribution in [-0.2, 0) is 16.6 Å². The fourth-order valence-corrected chi connectivity index (χ4v) is 3.59. The minimum atomic E-state index is -3.50. The van der Waals surface area contributed by atoms with Crippen molar-refractivity contribution >= 4 is 21.5 Å². The molecule has 1 aromatic heterocycles. The normalized spacial score (nSPS) is 13.5. The zero-order chi connectivity index (χ0) is 15.5. The maximum Gasteiger partial charge on any atom is 0.279 e. The summed E-state index contributed by atoms with van der Waals surface area (Å²) in [5, 5.41) is 1.95. The molecule has 114 valence electrons. The highest BCUT2D eigenvalue weighted by molar-refractivity contribution is 7.87. The van der Waals surface area contributed by atoms with Crippen LogP contribution in [0.15, 0.2) is 41.8 Å². The summed E-state index contributed by atoms with van der Waals surface area (Å²) in [6, 6.07) is 11.6. The molecule has 0 aliphatic heterocycles. The summed E-state index contributed by atoms with van der Waals surface area (Å²) in [6.45, 7) is 2.10. The van der Waals surface area contributed by atoms with Gasteiger partial charge in [-0.3, -0.25) is 0 Å². The molecule has 1 aromatic carbocycles. The van der Waals surface area contributed by atoms with Crippen molar-refractivity contribution in [3.8, 4) is 0 Å². The minimum absolute atomic E-state index is 0.358. The molecule has 0 aliphatic carbocycles. The topological polar surface area (TPSA) is 49.4 Å². The second kappa shape index (κ2) is 6.70. The lowest BCUT2D eigenvalue weighted by molar-refractivity contribution is 0.499. The summed E-state index contributed by atoms with van der Waals surface area (Å²) in [6.07, 6.45) is 0.966. The molecule has 21 heavy (non-hydrogen) atoms. The van der Waals surface area contributed by atoms with E-state index in [4.69, 9.17) is 0 Å². The molecule has 0 saturated heterocycles. The lowest BCUT2D eigenvalue weighted by atomic mass is 10.0. The van der Waals surface area contributed by atoms with Crippen molar-refractivity contribution in [1.29, 1.82) is 0 Å². The van der Waals surface area contributed by atoms with Crippen molar-refractivity contribution in [3.63, 3.8) is 0 Å². The zero-order valence-corrected chi connectivity index (χ0v) is 14.0. The van der Waals surface area contributed by atoms with E-state index in [9.17, 15) is 8.42 Å². The average molecular weight is 324 g/mol. The molecule has 0 aliphatic rings. The van der Waals surface area contributed by atoms with Crippen molar-refractivity contribution in [2.24, 2.45) is 0 Å². The molecule has 6 heteroatoms. The quantitative estimate of drug-likeness (QED) is 0.888. The first-order valence-electron chi connectivity index (χ1n) is 6.76. The van der Waals surface area contributed by atoms with Crippen LogP contribution in [-0.4, -0.2) is 26.8 Å². The molecule has 0 spiro atoms. The first-order chi connectivity index (χ1) is 9.94. The Morgan fingerprint density at radius 3 is 2.33 bits per heavy atom. The average Bonchev–Trinajstić information content (AvgIpc) is 2.99. The number of benzene rings is 1. The van der Waals surface area contributed by atoms with Crippen LogP contribution in [0.4, 0.5) is 0 Å². The molecule has 0 saturated carbocycles. The van der Waals surface area contributed by atoms with Gasteiger partial charge < -0.3 is 0 Å².